The second kappa shape index (κ2) is 41.4. The molecule has 0 heterocycles. The molecule has 52 heavy (non-hydrogen) atoms. The number of unbranched alkanes of at least 4 members (excludes halogenated alkanes) is 22. The molecule has 0 saturated carbocycles. The van der Waals surface area contributed by atoms with Crippen molar-refractivity contribution in [3.8, 4) is 0 Å². The van der Waals surface area contributed by atoms with Crippen molar-refractivity contribution < 1.29 is 28.6 Å². The van der Waals surface area contributed by atoms with Gasteiger partial charge in [0.25, 0.3) is 0 Å². The number of allylic oxidation sites excluding steroid dienone is 6. The SMILES string of the molecule is CC/C=C\C/C=C\CCCCCCCCCC(=O)OCC(COC(=O)CCC/C=C\CCCCCC)OC(=O)CCCCCCCCCCCCC. The van der Waals surface area contributed by atoms with Gasteiger partial charge in [-0.1, -0.05) is 173 Å². The summed E-state index contributed by atoms with van der Waals surface area (Å²) in [5.41, 5.74) is 0. The molecule has 0 radical (unpaired) electrons. The first kappa shape index (κ1) is 49.6. The zero-order chi connectivity index (χ0) is 38.0. The van der Waals surface area contributed by atoms with Crippen LogP contribution in [0.4, 0.5) is 0 Å². The van der Waals surface area contributed by atoms with Crippen LogP contribution in [0.3, 0.4) is 0 Å². The molecule has 0 N–H and O–H groups in total. The molecular weight excluding hydrogens is 648 g/mol. The number of carbonyl (C=O) groups excluding carboxylic acids is 3. The monoisotopic (exact) mass is 731 g/mol. The summed E-state index contributed by atoms with van der Waals surface area (Å²) < 4.78 is 16.6. The number of rotatable bonds is 39. The summed E-state index contributed by atoms with van der Waals surface area (Å²) in [5, 5.41) is 0. The van der Waals surface area contributed by atoms with E-state index in [0.29, 0.717) is 19.3 Å². The lowest BCUT2D eigenvalue weighted by atomic mass is 10.1. The summed E-state index contributed by atoms with van der Waals surface area (Å²) in [5.74, 6) is -0.928. The predicted octanol–water partition coefficient (Wildman–Crippen LogP) is 13.8. The highest BCUT2D eigenvalue weighted by molar-refractivity contribution is 5.71. The Morgan fingerprint density at radius 3 is 1.27 bits per heavy atom. The molecule has 0 bridgehead atoms. The van der Waals surface area contributed by atoms with Crippen molar-refractivity contribution in [3.05, 3.63) is 36.5 Å². The first-order valence-electron chi connectivity index (χ1n) is 22.0. The molecule has 1 unspecified atom stereocenters. The zero-order valence-electron chi connectivity index (χ0n) is 34.3. The van der Waals surface area contributed by atoms with Gasteiger partial charge in [0.05, 0.1) is 0 Å². The van der Waals surface area contributed by atoms with Gasteiger partial charge in [0.15, 0.2) is 6.10 Å². The highest BCUT2D eigenvalue weighted by Crippen LogP contribution is 2.14. The van der Waals surface area contributed by atoms with E-state index in [1.807, 2.05) is 0 Å². The smallest absolute Gasteiger partial charge is 0.306 e. The van der Waals surface area contributed by atoms with Crippen LogP contribution in [0.25, 0.3) is 0 Å². The first-order chi connectivity index (χ1) is 25.5. The molecule has 0 aromatic heterocycles. The minimum absolute atomic E-state index is 0.0831. The lowest BCUT2D eigenvalue weighted by molar-refractivity contribution is -0.167. The molecule has 0 aliphatic heterocycles. The fraction of sp³-hybridized carbons (Fsp3) is 0.804. The van der Waals surface area contributed by atoms with Crippen molar-refractivity contribution in [2.24, 2.45) is 0 Å². The maximum atomic E-state index is 12.7. The maximum absolute atomic E-state index is 12.7. The summed E-state index contributed by atoms with van der Waals surface area (Å²) in [6.45, 7) is 6.45. The van der Waals surface area contributed by atoms with Gasteiger partial charge in [-0.05, 0) is 64.2 Å². The van der Waals surface area contributed by atoms with E-state index >= 15 is 0 Å². The number of esters is 3. The second-order valence-electron chi connectivity index (χ2n) is 14.6. The average molecular weight is 731 g/mol. The van der Waals surface area contributed by atoms with Gasteiger partial charge in [-0.2, -0.15) is 0 Å². The van der Waals surface area contributed by atoms with Gasteiger partial charge in [-0.25, -0.2) is 0 Å². The second-order valence-corrected chi connectivity index (χ2v) is 14.6. The van der Waals surface area contributed by atoms with E-state index in [2.05, 4.69) is 57.2 Å². The molecular formula is C46H82O6. The standard InChI is InChI=1S/C46H82O6/c1-4-7-10-13-16-19-21-22-23-25-27-30-33-36-39-45(48)51-42-43(41-50-44(47)38-35-32-29-26-18-15-12-9-6-3)52-46(49)40-37-34-31-28-24-20-17-14-11-8-5-2/h7,10,16,19,26,29,43H,4-6,8-9,11-15,17-18,20-25,27-28,30-42H2,1-3H3/b10-7-,19-16-,29-26-. The van der Waals surface area contributed by atoms with E-state index in [0.717, 1.165) is 77.0 Å². The molecule has 0 rings (SSSR count). The van der Waals surface area contributed by atoms with Crippen LogP contribution in [0.5, 0.6) is 0 Å². The van der Waals surface area contributed by atoms with Gasteiger partial charge in [0.1, 0.15) is 13.2 Å². The topological polar surface area (TPSA) is 78.9 Å². The van der Waals surface area contributed by atoms with Crippen LogP contribution in [0.2, 0.25) is 0 Å². The minimum Gasteiger partial charge on any atom is -0.462 e. The van der Waals surface area contributed by atoms with E-state index < -0.39 is 6.10 Å². The summed E-state index contributed by atoms with van der Waals surface area (Å²) in [7, 11) is 0. The predicted molar refractivity (Wildman–Crippen MR) is 219 cm³/mol. The Morgan fingerprint density at radius 2 is 0.769 bits per heavy atom. The molecule has 1 atom stereocenters. The summed E-state index contributed by atoms with van der Waals surface area (Å²) in [6.07, 6.45) is 45.6. The van der Waals surface area contributed by atoms with Crippen LogP contribution >= 0.6 is 0 Å². The van der Waals surface area contributed by atoms with Crippen molar-refractivity contribution >= 4 is 17.9 Å². The van der Waals surface area contributed by atoms with Crippen molar-refractivity contribution in [1.29, 1.82) is 0 Å². The molecule has 0 aromatic rings. The number of hydrogen-bond donors (Lipinski definition) is 0. The Morgan fingerprint density at radius 1 is 0.404 bits per heavy atom. The first-order valence-corrected chi connectivity index (χ1v) is 22.0. The van der Waals surface area contributed by atoms with Crippen molar-refractivity contribution in [2.45, 2.75) is 226 Å². The van der Waals surface area contributed by atoms with E-state index in [4.69, 9.17) is 14.2 Å². The minimum atomic E-state index is -0.779. The lowest BCUT2D eigenvalue weighted by Gasteiger charge is -2.18. The highest BCUT2D eigenvalue weighted by Gasteiger charge is 2.19. The molecule has 0 aliphatic rings. The third kappa shape index (κ3) is 38.9. The molecule has 0 saturated heterocycles. The van der Waals surface area contributed by atoms with Crippen LogP contribution < -0.4 is 0 Å². The summed E-state index contributed by atoms with van der Waals surface area (Å²) in [4.78, 5) is 37.6. The molecule has 0 aromatic carbocycles. The number of hydrogen-bond acceptors (Lipinski definition) is 6. The van der Waals surface area contributed by atoms with Crippen LogP contribution in [0.15, 0.2) is 36.5 Å². The zero-order valence-corrected chi connectivity index (χ0v) is 34.3. The van der Waals surface area contributed by atoms with Crippen LogP contribution in [-0.2, 0) is 28.6 Å². The van der Waals surface area contributed by atoms with Crippen molar-refractivity contribution in [2.75, 3.05) is 13.2 Å². The van der Waals surface area contributed by atoms with Crippen LogP contribution in [-0.4, -0.2) is 37.2 Å². The van der Waals surface area contributed by atoms with E-state index in [1.54, 1.807) is 0 Å². The fourth-order valence-electron chi connectivity index (χ4n) is 6.07. The van der Waals surface area contributed by atoms with Gasteiger partial charge in [0, 0.05) is 19.3 Å². The number of ether oxygens (including phenoxy) is 3. The Bertz CT molecular complexity index is 891. The molecule has 6 nitrogen and oxygen atoms in total. The van der Waals surface area contributed by atoms with Crippen LogP contribution in [0, 0.1) is 0 Å². The van der Waals surface area contributed by atoms with Gasteiger partial charge in [-0.15, -0.1) is 0 Å². The van der Waals surface area contributed by atoms with Gasteiger partial charge in [0.2, 0.25) is 0 Å². The Labute approximate surface area is 321 Å². The molecule has 0 fully saturated rings. The van der Waals surface area contributed by atoms with E-state index in [1.165, 1.54) is 103 Å². The molecule has 0 amide bonds. The van der Waals surface area contributed by atoms with Gasteiger partial charge >= 0.3 is 17.9 Å². The fourth-order valence-corrected chi connectivity index (χ4v) is 6.07. The third-order valence-corrected chi connectivity index (χ3v) is 9.38. The summed E-state index contributed by atoms with van der Waals surface area (Å²) >= 11 is 0. The Balaban J connectivity index is 4.37. The maximum Gasteiger partial charge on any atom is 0.306 e. The Hall–Kier alpha value is -2.37. The van der Waals surface area contributed by atoms with Gasteiger partial charge < -0.3 is 14.2 Å². The molecule has 302 valence electrons. The largest absolute Gasteiger partial charge is 0.462 e. The molecule has 0 aliphatic carbocycles. The van der Waals surface area contributed by atoms with Gasteiger partial charge in [-0.3, -0.25) is 14.4 Å². The average Bonchev–Trinajstić information content (AvgIpc) is 3.14. The highest BCUT2D eigenvalue weighted by atomic mass is 16.6. The Kier molecular flexibility index (Phi) is 39.5. The molecule has 6 heteroatoms. The van der Waals surface area contributed by atoms with Crippen molar-refractivity contribution in [1.82, 2.24) is 0 Å². The number of carbonyl (C=O) groups is 3. The third-order valence-electron chi connectivity index (χ3n) is 9.38. The quantitative estimate of drug-likeness (QED) is 0.0271. The van der Waals surface area contributed by atoms with E-state index in [9.17, 15) is 14.4 Å². The lowest BCUT2D eigenvalue weighted by Crippen LogP contribution is -2.30. The van der Waals surface area contributed by atoms with Crippen molar-refractivity contribution in [3.63, 3.8) is 0 Å². The summed E-state index contributed by atoms with van der Waals surface area (Å²) in [6, 6.07) is 0. The molecule has 0 spiro atoms. The normalized spacial score (nSPS) is 12.3. The van der Waals surface area contributed by atoms with E-state index in [-0.39, 0.29) is 31.1 Å². The van der Waals surface area contributed by atoms with Crippen LogP contribution in [0.1, 0.15) is 220 Å².